The van der Waals surface area contributed by atoms with Gasteiger partial charge in [0.05, 0.1) is 6.61 Å². The van der Waals surface area contributed by atoms with E-state index >= 15 is 0 Å². The molecule has 0 saturated heterocycles. The van der Waals surface area contributed by atoms with Crippen LogP contribution in [0.25, 0.3) is 0 Å². The Balaban J connectivity index is 2.46. The van der Waals surface area contributed by atoms with Gasteiger partial charge in [0.25, 0.3) is 0 Å². The van der Waals surface area contributed by atoms with Crippen LogP contribution in [0, 0.1) is 0 Å². The van der Waals surface area contributed by atoms with Crippen molar-refractivity contribution in [1.29, 1.82) is 0 Å². The van der Waals surface area contributed by atoms with Gasteiger partial charge in [-0.1, -0.05) is 57.2 Å². The van der Waals surface area contributed by atoms with E-state index in [1.165, 1.54) is 4.31 Å². The lowest BCUT2D eigenvalue weighted by Gasteiger charge is -2.23. The molecule has 0 saturated carbocycles. The first-order valence-corrected chi connectivity index (χ1v) is 10.1. The molecule has 0 aliphatic carbocycles. The van der Waals surface area contributed by atoms with E-state index in [2.05, 4.69) is 0 Å². The van der Waals surface area contributed by atoms with Crippen LogP contribution in [-0.4, -0.2) is 25.9 Å². The second-order valence-corrected chi connectivity index (χ2v) is 8.12. The third-order valence-corrected chi connectivity index (χ3v) is 6.05. The van der Waals surface area contributed by atoms with Crippen molar-refractivity contribution in [3.05, 3.63) is 59.7 Å². The third-order valence-electron chi connectivity index (χ3n) is 4.11. The molecule has 0 spiro atoms. The van der Waals surface area contributed by atoms with Crippen molar-refractivity contribution >= 4 is 10.0 Å². The van der Waals surface area contributed by atoms with Crippen LogP contribution in [0.5, 0.6) is 5.75 Å². The minimum atomic E-state index is -3.65. The van der Waals surface area contributed by atoms with E-state index in [-0.39, 0.29) is 10.8 Å². The Morgan fingerprint density at radius 3 is 2.28 bits per heavy atom. The minimum Gasteiger partial charge on any atom is -0.492 e. The first kappa shape index (κ1) is 19.5. The predicted octanol–water partition coefficient (Wildman–Crippen LogP) is 4.42. The fourth-order valence-corrected chi connectivity index (χ4v) is 4.26. The average Bonchev–Trinajstić information content (AvgIpc) is 2.60. The molecule has 2 aromatic rings. The van der Waals surface area contributed by atoms with E-state index in [0.29, 0.717) is 25.4 Å². The molecule has 0 bridgehead atoms. The zero-order valence-corrected chi connectivity index (χ0v) is 16.2. The lowest BCUT2D eigenvalue weighted by atomic mass is 10.0. The quantitative estimate of drug-likeness (QED) is 0.699. The molecule has 0 aliphatic rings. The molecular weight excluding hydrogens is 334 g/mol. The van der Waals surface area contributed by atoms with Gasteiger partial charge in [-0.25, -0.2) is 8.42 Å². The van der Waals surface area contributed by atoms with Crippen molar-refractivity contribution in [1.82, 2.24) is 4.31 Å². The largest absolute Gasteiger partial charge is 0.492 e. The van der Waals surface area contributed by atoms with Crippen LogP contribution in [0.3, 0.4) is 0 Å². The van der Waals surface area contributed by atoms with Gasteiger partial charge in [0.15, 0.2) is 0 Å². The van der Waals surface area contributed by atoms with Crippen molar-refractivity contribution in [2.45, 2.75) is 45.1 Å². The van der Waals surface area contributed by atoms with Gasteiger partial charge in [-0.05, 0) is 36.1 Å². The summed E-state index contributed by atoms with van der Waals surface area (Å²) in [7, 11) is -3.65. The highest BCUT2D eigenvalue weighted by atomic mass is 32.2. The van der Waals surface area contributed by atoms with Gasteiger partial charge in [-0.2, -0.15) is 4.31 Å². The van der Waals surface area contributed by atoms with E-state index in [0.717, 1.165) is 11.1 Å². The highest BCUT2D eigenvalue weighted by molar-refractivity contribution is 7.89. The van der Waals surface area contributed by atoms with Crippen molar-refractivity contribution in [2.75, 3.05) is 13.2 Å². The second-order valence-electron chi connectivity index (χ2n) is 6.21. The van der Waals surface area contributed by atoms with Gasteiger partial charge in [0, 0.05) is 13.1 Å². The average molecular weight is 362 g/mol. The summed E-state index contributed by atoms with van der Waals surface area (Å²) in [6, 6.07) is 15.1. The van der Waals surface area contributed by atoms with Crippen LogP contribution < -0.4 is 4.74 Å². The molecule has 2 rings (SSSR count). The predicted molar refractivity (Wildman–Crippen MR) is 101 cm³/mol. The van der Waals surface area contributed by atoms with Gasteiger partial charge in [0.1, 0.15) is 10.6 Å². The maximum Gasteiger partial charge on any atom is 0.247 e. The first-order valence-electron chi connectivity index (χ1n) is 8.71. The van der Waals surface area contributed by atoms with E-state index in [4.69, 9.17) is 4.74 Å². The molecular formula is C20H27NO3S. The van der Waals surface area contributed by atoms with Crippen LogP contribution in [0.1, 0.15) is 44.7 Å². The Bertz CT molecular complexity index is 786. The monoisotopic (exact) mass is 361 g/mol. The number of benzene rings is 2. The molecule has 0 amide bonds. The maximum absolute atomic E-state index is 13.3. The minimum absolute atomic E-state index is 0.244. The van der Waals surface area contributed by atoms with Crippen LogP contribution in [0.4, 0.5) is 0 Å². The van der Waals surface area contributed by atoms with Crippen LogP contribution in [0.15, 0.2) is 53.4 Å². The number of nitrogens with zero attached hydrogens (tertiary/aromatic N) is 1. The lowest BCUT2D eigenvalue weighted by Crippen LogP contribution is -2.31. The van der Waals surface area contributed by atoms with Crippen molar-refractivity contribution in [3.8, 4) is 5.75 Å². The normalized spacial score (nSPS) is 11.9. The molecule has 0 aliphatic heterocycles. The van der Waals surface area contributed by atoms with E-state index in [1.54, 1.807) is 12.1 Å². The highest BCUT2D eigenvalue weighted by Gasteiger charge is 2.27. The molecule has 0 fully saturated rings. The maximum atomic E-state index is 13.3. The van der Waals surface area contributed by atoms with Crippen LogP contribution in [-0.2, 0) is 16.6 Å². The van der Waals surface area contributed by atoms with Gasteiger partial charge >= 0.3 is 0 Å². The highest BCUT2D eigenvalue weighted by Crippen LogP contribution is 2.31. The Labute approximate surface area is 151 Å². The summed E-state index contributed by atoms with van der Waals surface area (Å²) < 4.78 is 33.7. The standard InChI is InChI=1S/C20H27NO3S/c1-5-21(15-17-10-8-7-9-11-17)25(22,23)20-14-18(16(3)4)12-13-19(20)24-6-2/h7-14,16H,5-6,15H2,1-4H3. The zero-order chi connectivity index (χ0) is 18.4. The van der Waals surface area contributed by atoms with Crippen molar-refractivity contribution < 1.29 is 13.2 Å². The SMILES string of the molecule is CCOc1ccc(C(C)C)cc1S(=O)(=O)N(CC)Cc1ccccc1. The molecule has 5 heteroatoms. The van der Waals surface area contributed by atoms with Crippen molar-refractivity contribution in [2.24, 2.45) is 0 Å². The molecule has 0 N–H and O–H groups in total. The molecule has 136 valence electrons. The molecule has 2 aromatic carbocycles. The summed E-state index contributed by atoms with van der Waals surface area (Å²) in [5.74, 6) is 0.659. The number of hydrogen-bond acceptors (Lipinski definition) is 3. The number of ether oxygens (including phenoxy) is 1. The van der Waals surface area contributed by atoms with E-state index in [9.17, 15) is 8.42 Å². The summed E-state index contributed by atoms with van der Waals surface area (Å²) >= 11 is 0. The molecule has 25 heavy (non-hydrogen) atoms. The van der Waals surface area contributed by atoms with Gasteiger partial charge in [-0.15, -0.1) is 0 Å². The van der Waals surface area contributed by atoms with E-state index < -0.39 is 10.0 Å². The summed E-state index contributed by atoms with van der Waals surface area (Å²) in [5, 5.41) is 0. The second kappa shape index (κ2) is 8.50. The molecule has 0 atom stereocenters. The fraction of sp³-hybridized carbons (Fsp3) is 0.400. The smallest absolute Gasteiger partial charge is 0.247 e. The van der Waals surface area contributed by atoms with Crippen LogP contribution >= 0.6 is 0 Å². The van der Waals surface area contributed by atoms with Crippen molar-refractivity contribution in [3.63, 3.8) is 0 Å². The first-order chi connectivity index (χ1) is 11.9. The van der Waals surface area contributed by atoms with E-state index in [1.807, 2.05) is 64.1 Å². The number of hydrogen-bond donors (Lipinski definition) is 0. The molecule has 0 unspecified atom stereocenters. The van der Waals surface area contributed by atoms with Gasteiger partial charge < -0.3 is 4.74 Å². The Morgan fingerprint density at radius 2 is 1.72 bits per heavy atom. The summed E-state index contributed by atoms with van der Waals surface area (Å²) in [5.41, 5.74) is 1.95. The Hall–Kier alpha value is -1.85. The van der Waals surface area contributed by atoms with Gasteiger partial charge in [0.2, 0.25) is 10.0 Å². The molecule has 0 aromatic heterocycles. The Morgan fingerprint density at radius 1 is 1.04 bits per heavy atom. The summed E-state index contributed by atoms with van der Waals surface area (Å²) in [4.78, 5) is 0.248. The Kier molecular flexibility index (Phi) is 6.62. The topological polar surface area (TPSA) is 46.6 Å². The summed E-state index contributed by atoms with van der Waals surface area (Å²) in [6.45, 7) is 8.98. The zero-order valence-electron chi connectivity index (χ0n) is 15.4. The van der Waals surface area contributed by atoms with Gasteiger partial charge in [-0.3, -0.25) is 0 Å². The molecule has 4 nitrogen and oxygen atoms in total. The number of sulfonamides is 1. The number of rotatable bonds is 8. The fourth-order valence-electron chi connectivity index (χ4n) is 2.65. The molecule has 0 heterocycles. The molecule has 0 radical (unpaired) electrons. The lowest BCUT2D eigenvalue weighted by molar-refractivity contribution is 0.328. The van der Waals surface area contributed by atoms with Crippen LogP contribution in [0.2, 0.25) is 0 Å². The third kappa shape index (κ3) is 4.61. The summed E-state index contributed by atoms with van der Waals surface area (Å²) in [6.07, 6.45) is 0.